The molecule has 0 saturated carbocycles. The molecule has 6 nitrogen and oxygen atoms in total. The molecule has 1 aliphatic rings. The van der Waals surface area contributed by atoms with Crippen LogP contribution in [0.5, 0.6) is 0 Å². The fraction of sp³-hybridized carbons (Fsp3) is 0.583. The van der Waals surface area contributed by atoms with E-state index >= 15 is 0 Å². The van der Waals surface area contributed by atoms with Crippen LogP contribution in [0.4, 0.5) is 0 Å². The normalized spacial score (nSPS) is 18.5. The number of hydrogen-bond acceptors (Lipinski definition) is 5. The zero-order valence-electron chi connectivity index (χ0n) is 10.7. The SMILES string of the molecule is CN1CCN(CCn2nnc3cccnc32)CC1. The topological polar surface area (TPSA) is 50.1 Å². The summed E-state index contributed by atoms with van der Waals surface area (Å²) in [5.74, 6) is 0. The Kier molecular flexibility index (Phi) is 3.21. The predicted molar refractivity (Wildman–Crippen MR) is 69.3 cm³/mol. The van der Waals surface area contributed by atoms with Crippen LogP contribution in [0.1, 0.15) is 0 Å². The van der Waals surface area contributed by atoms with E-state index in [0.29, 0.717) is 0 Å². The van der Waals surface area contributed by atoms with Crippen LogP contribution in [0, 0.1) is 0 Å². The van der Waals surface area contributed by atoms with Gasteiger partial charge < -0.3 is 4.90 Å². The highest BCUT2D eigenvalue weighted by molar-refractivity contribution is 5.68. The second kappa shape index (κ2) is 4.99. The standard InChI is InChI=1S/C12H18N6/c1-16-5-7-17(8-6-16)9-10-18-12-11(14-15-18)3-2-4-13-12/h2-4H,5-10H2,1H3. The summed E-state index contributed by atoms with van der Waals surface area (Å²) in [5.41, 5.74) is 1.75. The number of likely N-dealkylation sites (N-methyl/N-ethyl adjacent to an activating group) is 1. The van der Waals surface area contributed by atoms with Crippen molar-refractivity contribution in [3.63, 3.8) is 0 Å². The Labute approximate surface area is 106 Å². The Morgan fingerprint density at radius 1 is 1.17 bits per heavy atom. The molecule has 1 aliphatic heterocycles. The molecule has 6 heteroatoms. The molecule has 0 amide bonds. The Balaban J connectivity index is 1.63. The van der Waals surface area contributed by atoms with Gasteiger partial charge in [-0.15, -0.1) is 5.10 Å². The molecule has 3 rings (SSSR count). The largest absolute Gasteiger partial charge is 0.304 e. The first kappa shape index (κ1) is 11.6. The van der Waals surface area contributed by atoms with Crippen LogP contribution < -0.4 is 0 Å². The average Bonchev–Trinajstić information content (AvgIpc) is 2.82. The zero-order valence-corrected chi connectivity index (χ0v) is 10.7. The number of hydrogen-bond donors (Lipinski definition) is 0. The lowest BCUT2D eigenvalue weighted by molar-refractivity contribution is 0.149. The molecular weight excluding hydrogens is 228 g/mol. The molecule has 0 unspecified atom stereocenters. The molecule has 0 aliphatic carbocycles. The van der Waals surface area contributed by atoms with E-state index in [1.165, 1.54) is 0 Å². The van der Waals surface area contributed by atoms with Gasteiger partial charge in [-0.2, -0.15) is 0 Å². The molecule has 0 N–H and O–H groups in total. The molecule has 0 atom stereocenters. The number of fused-ring (bicyclic) bond motifs is 1. The molecule has 96 valence electrons. The molecule has 0 spiro atoms. The molecule has 2 aromatic rings. The van der Waals surface area contributed by atoms with E-state index in [9.17, 15) is 0 Å². The van der Waals surface area contributed by atoms with Crippen molar-refractivity contribution in [3.05, 3.63) is 18.3 Å². The summed E-state index contributed by atoms with van der Waals surface area (Å²) < 4.78 is 1.90. The molecule has 1 saturated heterocycles. The maximum atomic E-state index is 4.33. The van der Waals surface area contributed by atoms with Crippen molar-refractivity contribution in [2.24, 2.45) is 0 Å². The summed E-state index contributed by atoms with van der Waals surface area (Å²) in [6.07, 6.45) is 1.79. The monoisotopic (exact) mass is 246 g/mol. The van der Waals surface area contributed by atoms with Crippen LogP contribution in [0.15, 0.2) is 18.3 Å². The highest BCUT2D eigenvalue weighted by atomic mass is 15.4. The van der Waals surface area contributed by atoms with Gasteiger partial charge in [-0.25, -0.2) is 9.67 Å². The van der Waals surface area contributed by atoms with Gasteiger partial charge in [-0.1, -0.05) is 5.21 Å². The van der Waals surface area contributed by atoms with Crippen LogP contribution in [0.3, 0.4) is 0 Å². The molecule has 3 heterocycles. The lowest BCUT2D eigenvalue weighted by atomic mass is 10.3. The Bertz CT molecular complexity index is 514. The highest BCUT2D eigenvalue weighted by Gasteiger charge is 2.14. The van der Waals surface area contributed by atoms with E-state index < -0.39 is 0 Å². The first-order valence-corrected chi connectivity index (χ1v) is 6.38. The molecule has 2 aromatic heterocycles. The first-order valence-electron chi connectivity index (χ1n) is 6.38. The van der Waals surface area contributed by atoms with Crippen LogP contribution in [0.2, 0.25) is 0 Å². The van der Waals surface area contributed by atoms with Gasteiger partial charge in [-0.05, 0) is 19.2 Å². The van der Waals surface area contributed by atoms with Gasteiger partial charge >= 0.3 is 0 Å². The second-order valence-corrected chi connectivity index (χ2v) is 4.80. The minimum Gasteiger partial charge on any atom is -0.304 e. The third-order valence-corrected chi connectivity index (χ3v) is 3.49. The van der Waals surface area contributed by atoms with E-state index in [2.05, 4.69) is 32.1 Å². The van der Waals surface area contributed by atoms with E-state index in [0.717, 1.165) is 50.4 Å². The minimum atomic E-state index is 0.858. The van der Waals surface area contributed by atoms with E-state index in [1.807, 2.05) is 16.8 Å². The fourth-order valence-electron chi connectivity index (χ4n) is 2.27. The van der Waals surface area contributed by atoms with Crippen molar-refractivity contribution < 1.29 is 0 Å². The van der Waals surface area contributed by atoms with Crippen LogP contribution >= 0.6 is 0 Å². The van der Waals surface area contributed by atoms with Gasteiger partial charge in [0.1, 0.15) is 5.52 Å². The third-order valence-electron chi connectivity index (χ3n) is 3.49. The second-order valence-electron chi connectivity index (χ2n) is 4.80. The van der Waals surface area contributed by atoms with Crippen molar-refractivity contribution >= 4 is 11.2 Å². The van der Waals surface area contributed by atoms with Crippen molar-refractivity contribution in [1.29, 1.82) is 0 Å². The van der Waals surface area contributed by atoms with Gasteiger partial charge in [0.15, 0.2) is 5.65 Å². The molecule has 0 bridgehead atoms. The number of piperazine rings is 1. The third kappa shape index (κ3) is 2.34. The molecule has 1 fully saturated rings. The summed E-state index contributed by atoms with van der Waals surface area (Å²) in [6, 6.07) is 3.84. The maximum absolute atomic E-state index is 4.33. The summed E-state index contributed by atoms with van der Waals surface area (Å²) >= 11 is 0. The summed E-state index contributed by atoms with van der Waals surface area (Å²) in [6.45, 7) is 6.44. The Hall–Kier alpha value is -1.53. The van der Waals surface area contributed by atoms with E-state index in [-0.39, 0.29) is 0 Å². The van der Waals surface area contributed by atoms with Crippen molar-refractivity contribution in [2.75, 3.05) is 39.8 Å². The summed E-state index contributed by atoms with van der Waals surface area (Å²) in [5, 5.41) is 8.28. The van der Waals surface area contributed by atoms with Gasteiger partial charge in [0.05, 0.1) is 6.54 Å². The molecule has 18 heavy (non-hydrogen) atoms. The number of nitrogens with zero attached hydrogens (tertiary/aromatic N) is 6. The predicted octanol–water partition coefficient (Wildman–Crippen LogP) is 0.0737. The number of rotatable bonds is 3. The van der Waals surface area contributed by atoms with Crippen molar-refractivity contribution in [1.82, 2.24) is 29.8 Å². The van der Waals surface area contributed by atoms with Gasteiger partial charge in [0.25, 0.3) is 0 Å². The van der Waals surface area contributed by atoms with E-state index in [1.54, 1.807) is 6.20 Å². The van der Waals surface area contributed by atoms with Crippen LogP contribution in [-0.2, 0) is 6.54 Å². The summed E-state index contributed by atoms with van der Waals surface area (Å²) in [4.78, 5) is 9.16. The Morgan fingerprint density at radius 2 is 2.00 bits per heavy atom. The summed E-state index contributed by atoms with van der Waals surface area (Å²) in [7, 11) is 2.17. The Morgan fingerprint density at radius 3 is 2.83 bits per heavy atom. The van der Waals surface area contributed by atoms with Gasteiger partial charge in [0.2, 0.25) is 0 Å². The lowest BCUT2D eigenvalue weighted by Gasteiger charge is -2.32. The highest BCUT2D eigenvalue weighted by Crippen LogP contribution is 2.06. The fourth-order valence-corrected chi connectivity index (χ4v) is 2.27. The van der Waals surface area contributed by atoms with E-state index in [4.69, 9.17) is 0 Å². The average molecular weight is 246 g/mol. The first-order chi connectivity index (χ1) is 8.83. The van der Waals surface area contributed by atoms with Crippen LogP contribution in [-0.4, -0.2) is 69.5 Å². The quantitative estimate of drug-likeness (QED) is 0.767. The molecule has 0 radical (unpaired) electrons. The smallest absolute Gasteiger partial charge is 0.178 e. The maximum Gasteiger partial charge on any atom is 0.178 e. The van der Waals surface area contributed by atoms with Gasteiger partial charge in [-0.3, -0.25) is 4.90 Å². The van der Waals surface area contributed by atoms with Gasteiger partial charge in [0, 0.05) is 38.9 Å². The van der Waals surface area contributed by atoms with Crippen LogP contribution in [0.25, 0.3) is 11.2 Å². The number of aromatic nitrogens is 4. The number of pyridine rings is 1. The molecule has 0 aromatic carbocycles. The minimum absolute atomic E-state index is 0.858. The van der Waals surface area contributed by atoms with Crippen molar-refractivity contribution in [2.45, 2.75) is 6.54 Å². The molecular formula is C12H18N6. The lowest BCUT2D eigenvalue weighted by Crippen LogP contribution is -2.45. The zero-order chi connectivity index (χ0) is 12.4. The van der Waals surface area contributed by atoms with Crippen molar-refractivity contribution in [3.8, 4) is 0 Å².